The van der Waals surface area contributed by atoms with Gasteiger partial charge < -0.3 is 24.7 Å². The standard InChI is InChI=1S/C37H38Cl4N6O4/c1-36(2,3)50-34(48)45-33(46-35(49)51-37(4,5)6)42-15-16-47-31-13-9-21(43-23-7-11-27(38)29(40)19-23)17-25(31)26-18-22(10-14-32(26)47)44-24-8-12-28(39)30(41)20-24/h7-14,17-20,43-44H,15-16H2,1-6H3,(H2,42,45,46,48,49). The molecule has 0 unspecified atom stereocenters. The SMILES string of the molecule is CC(C)(C)OC(=O)NC(=NCCn1c2ccc(Nc3ccc(Cl)c(Cl)c3)cc2c2cc(Nc3ccc(Cl)c(Cl)c3)ccc21)NC(=O)OC(C)(C)C. The lowest BCUT2D eigenvalue weighted by atomic mass is 10.1. The zero-order valence-electron chi connectivity index (χ0n) is 28.9. The van der Waals surface area contributed by atoms with Crippen LogP contribution in [0.25, 0.3) is 21.8 Å². The minimum atomic E-state index is -0.766. The Morgan fingerprint density at radius 1 is 0.608 bits per heavy atom. The van der Waals surface area contributed by atoms with Crippen molar-refractivity contribution in [1.29, 1.82) is 0 Å². The molecule has 0 atom stereocenters. The first kappa shape index (κ1) is 37.9. The Morgan fingerprint density at radius 3 is 1.39 bits per heavy atom. The molecule has 5 aromatic rings. The number of carbonyl (C=O) groups excluding carboxylic acids is 2. The smallest absolute Gasteiger partial charge is 0.414 e. The van der Waals surface area contributed by atoms with Gasteiger partial charge in [-0.05, 0) is 114 Å². The predicted octanol–water partition coefficient (Wildman–Crippen LogP) is 11.3. The Balaban J connectivity index is 1.50. The number of rotatable bonds is 7. The molecule has 0 aliphatic rings. The molecule has 2 amide bonds. The molecule has 51 heavy (non-hydrogen) atoms. The van der Waals surface area contributed by atoms with Gasteiger partial charge in [-0.3, -0.25) is 15.6 Å². The van der Waals surface area contributed by atoms with Gasteiger partial charge in [-0.25, -0.2) is 9.59 Å². The highest BCUT2D eigenvalue weighted by molar-refractivity contribution is 6.42. The highest BCUT2D eigenvalue weighted by atomic mass is 35.5. The highest BCUT2D eigenvalue weighted by Gasteiger charge is 2.21. The first-order valence-corrected chi connectivity index (χ1v) is 17.5. The number of nitrogens with zero attached hydrogens (tertiary/aromatic N) is 2. The van der Waals surface area contributed by atoms with Crippen LogP contribution in [0.1, 0.15) is 41.5 Å². The van der Waals surface area contributed by atoms with Gasteiger partial charge in [-0.1, -0.05) is 46.4 Å². The second-order valence-corrected chi connectivity index (χ2v) is 15.2. The molecular weight excluding hydrogens is 734 g/mol. The van der Waals surface area contributed by atoms with Crippen molar-refractivity contribution in [3.63, 3.8) is 0 Å². The Kier molecular flexibility index (Phi) is 11.5. The first-order valence-electron chi connectivity index (χ1n) is 16.0. The number of carbonyl (C=O) groups is 2. The second kappa shape index (κ2) is 15.5. The molecule has 1 aromatic heterocycles. The minimum absolute atomic E-state index is 0.0968. The number of guanidine groups is 1. The largest absolute Gasteiger partial charge is 0.444 e. The Bertz CT molecular complexity index is 1990. The quantitative estimate of drug-likeness (QED) is 0.0966. The Labute approximate surface area is 316 Å². The Hall–Kier alpha value is -4.35. The van der Waals surface area contributed by atoms with Gasteiger partial charge in [0.05, 0.1) is 26.6 Å². The second-order valence-electron chi connectivity index (χ2n) is 13.6. The van der Waals surface area contributed by atoms with Crippen LogP contribution in [-0.4, -0.2) is 40.5 Å². The normalized spacial score (nSPS) is 11.6. The molecule has 0 radical (unpaired) electrons. The maximum atomic E-state index is 12.6. The van der Waals surface area contributed by atoms with E-state index in [1.54, 1.807) is 65.8 Å². The third-order valence-corrected chi connectivity index (χ3v) is 8.59. The molecule has 0 aliphatic heterocycles. The molecular formula is C37H38Cl4N6O4. The van der Waals surface area contributed by atoms with Crippen LogP contribution in [0.5, 0.6) is 0 Å². The van der Waals surface area contributed by atoms with Gasteiger partial charge in [0.25, 0.3) is 0 Å². The molecule has 0 bridgehead atoms. The van der Waals surface area contributed by atoms with E-state index < -0.39 is 23.4 Å². The van der Waals surface area contributed by atoms with Crippen molar-refractivity contribution >= 4 is 109 Å². The fraction of sp³-hybridized carbons (Fsp3) is 0.270. The van der Waals surface area contributed by atoms with E-state index in [4.69, 9.17) is 55.9 Å². The van der Waals surface area contributed by atoms with E-state index in [-0.39, 0.29) is 12.5 Å². The number of benzene rings is 4. The van der Waals surface area contributed by atoms with Crippen molar-refractivity contribution in [3.8, 4) is 0 Å². The maximum Gasteiger partial charge on any atom is 0.414 e. The van der Waals surface area contributed by atoms with Gasteiger partial charge in [0.15, 0.2) is 0 Å². The number of fused-ring (bicyclic) bond motifs is 3. The number of alkyl carbamates (subject to hydrolysis) is 2. The van der Waals surface area contributed by atoms with Gasteiger partial charge in [-0.2, -0.15) is 0 Å². The van der Waals surface area contributed by atoms with Crippen molar-refractivity contribution in [2.24, 2.45) is 4.99 Å². The summed E-state index contributed by atoms with van der Waals surface area (Å²) >= 11 is 24.8. The molecule has 0 aliphatic carbocycles. The van der Waals surface area contributed by atoms with E-state index >= 15 is 0 Å². The lowest BCUT2D eigenvalue weighted by Crippen LogP contribution is -2.47. The number of ether oxygens (including phenoxy) is 2. The average molecular weight is 773 g/mol. The summed E-state index contributed by atoms with van der Waals surface area (Å²) in [5.74, 6) is -0.0968. The van der Waals surface area contributed by atoms with Crippen molar-refractivity contribution in [3.05, 3.63) is 92.9 Å². The topological polar surface area (TPSA) is 118 Å². The zero-order chi connectivity index (χ0) is 37.1. The van der Waals surface area contributed by atoms with Gasteiger partial charge >= 0.3 is 12.2 Å². The van der Waals surface area contributed by atoms with Crippen molar-refractivity contribution in [2.45, 2.75) is 59.3 Å². The third-order valence-electron chi connectivity index (χ3n) is 7.11. The molecule has 4 N–H and O–H groups in total. The molecule has 0 spiro atoms. The maximum absolute atomic E-state index is 12.6. The lowest BCUT2D eigenvalue weighted by molar-refractivity contribution is 0.0545. The summed E-state index contributed by atoms with van der Waals surface area (Å²) in [7, 11) is 0. The van der Waals surface area contributed by atoms with Crippen LogP contribution in [-0.2, 0) is 16.0 Å². The van der Waals surface area contributed by atoms with E-state index in [9.17, 15) is 9.59 Å². The van der Waals surface area contributed by atoms with Gasteiger partial charge in [-0.15, -0.1) is 0 Å². The zero-order valence-corrected chi connectivity index (χ0v) is 31.9. The fourth-order valence-corrected chi connectivity index (χ4v) is 5.75. The predicted molar refractivity (Wildman–Crippen MR) is 210 cm³/mol. The number of aliphatic imine (C=N–C) groups is 1. The van der Waals surface area contributed by atoms with Crippen LogP contribution in [0, 0.1) is 0 Å². The summed E-state index contributed by atoms with van der Waals surface area (Å²) in [6.07, 6.45) is -1.53. The van der Waals surface area contributed by atoms with Crippen molar-refractivity contribution in [2.75, 3.05) is 17.2 Å². The van der Waals surface area contributed by atoms with E-state index in [1.165, 1.54) is 0 Å². The molecule has 268 valence electrons. The number of hydrogen-bond acceptors (Lipinski definition) is 7. The molecule has 1 heterocycles. The van der Waals surface area contributed by atoms with Crippen LogP contribution in [0.2, 0.25) is 20.1 Å². The highest BCUT2D eigenvalue weighted by Crippen LogP contribution is 2.36. The summed E-state index contributed by atoms with van der Waals surface area (Å²) in [6, 6.07) is 22.8. The molecule has 4 aromatic carbocycles. The van der Waals surface area contributed by atoms with E-state index in [0.717, 1.165) is 44.6 Å². The van der Waals surface area contributed by atoms with E-state index in [2.05, 4.69) is 43.0 Å². The van der Waals surface area contributed by atoms with Gasteiger partial charge in [0.1, 0.15) is 11.2 Å². The lowest BCUT2D eigenvalue weighted by Gasteiger charge is -2.22. The van der Waals surface area contributed by atoms with E-state index in [1.807, 2.05) is 36.4 Å². The summed E-state index contributed by atoms with van der Waals surface area (Å²) in [4.78, 5) is 29.8. The molecule has 0 saturated heterocycles. The molecule has 14 heteroatoms. The number of anilines is 4. The van der Waals surface area contributed by atoms with Crippen molar-refractivity contribution < 1.29 is 19.1 Å². The van der Waals surface area contributed by atoms with Gasteiger partial charge in [0.2, 0.25) is 5.96 Å². The van der Waals surface area contributed by atoms with Crippen LogP contribution in [0.4, 0.5) is 32.3 Å². The summed E-state index contributed by atoms with van der Waals surface area (Å²) in [5.41, 5.74) is 3.60. The molecule has 0 fully saturated rings. The molecule has 0 saturated carbocycles. The number of amides is 2. The summed E-state index contributed by atoms with van der Waals surface area (Å²) < 4.78 is 12.9. The van der Waals surface area contributed by atoms with Crippen LogP contribution >= 0.6 is 46.4 Å². The Morgan fingerprint density at radius 2 is 1.00 bits per heavy atom. The molecule has 5 rings (SSSR count). The average Bonchev–Trinajstić information content (AvgIpc) is 3.31. The van der Waals surface area contributed by atoms with Crippen molar-refractivity contribution in [1.82, 2.24) is 15.2 Å². The van der Waals surface area contributed by atoms with Crippen LogP contribution < -0.4 is 21.3 Å². The number of hydrogen-bond donors (Lipinski definition) is 4. The van der Waals surface area contributed by atoms with Gasteiger partial charge in [0, 0.05) is 51.1 Å². The van der Waals surface area contributed by atoms with E-state index in [0.29, 0.717) is 26.6 Å². The summed E-state index contributed by atoms with van der Waals surface area (Å²) in [6.45, 7) is 11.0. The fourth-order valence-electron chi connectivity index (χ4n) is 5.15. The summed E-state index contributed by atoms with van der Waals surface area (Å²) in [5, 5.41) is 15.7. The number of aromatic nitrogens is 1. The minimum Gasteiger partial charge on any atom is -0.444 e. The van der Waals surface area contributed by atoms with Crippen LogP contribution in [0.3, 0.4) is 0 Å². The number of halogens is 4. The first-order chi connectivity index (χ1) is 23.9. The number of nitrogens with one attached hydrogen (secondary N) is 4. The molecule has 10 nitrogen and oxygen atoms in total. The monoisotopic (exact) mass is 770 g/mol. The third kappa shape index (κ3) is 10.4. The van der Waals surface area contributed by atoms with Crippen LogP contribution in [0.15, 0.2) is 77.8 Å².